The molecule has 0 bridgehead atoms. The second-order valence-electron chi connectivity index (χ2n) is 3.67. The van der Waals surface area contributed by atoms with Crippen molar-refractivity contribution in [3.05, 3.63) is 47.0 Å². The van der Waals surface area contributed by atoms with Crippen molar-refractivity contribution in [3.63, 3.8) is 0 Å². The molecule has 0 atom stereocenters. The number of aliphatic hydroxyl groups is 1. The van der Waals surface area contributed by atoms with E-state index >= 15 is 0 Å². The van der Waals surface area contributed by atoms with Crippen LogP contribution in [0.25, 0.3) is 21.9 Å². The number of aliphatic hydroxyl groups excluding tert-OH is 1. The summed E-state index contributed by atoms with van der Waals surface area (Å²) in [6, 6.07) is 11.3. The van der Waals surface area contributed by atoms with Crippen molar-refractivity contribution in [1.82, 2.24) is 0 Å². The molecule has 1 heterocycles. The highest BCUT2D eigenvalue weighted by Crippen LogP contribution is 2.35. The van der Waals surface area contributed by atoms with Crippen molar-refractivity contribution in [2.45, 2.75) is 6.61 Å². The van der Waals surface area contributed by atoms with Gasteiger partial charge in [-0.1, -0.05) is 35.9 Å². The molecule has 0 fully saturated rings. The summed E-state index contributed by atoms with van der Waals surface area (Å²) < 4.78 is 5.71. The van der Waals surface area contributed by atoms with Crippen LogP contribution in [0.1, 0.15) is 5.56 Å². The van der Waals surface area contributed by atoms with E-state index < -0.39 is 0 Å². The average Bonchev–Trinajstić information content (AvgIpc) is 2.69. The largest absolute Gasteiger partial charge is 0.456 e. The molecule has 0 aliphatic heterocycles. The van der Waals surface area contributed by atoms with E-state index in [-0.39, 0.29) is 6.61 Å². The van der Waals surface area contributed by atoms with Crippen LogP contribution in [0.2, 0.25) is 5.02 Å². The minimum Gasteiger partial charge on any atom is -0.456 e. The second-order valence-corrected chi connectivity index (χ2v) is 4.07. The molecule has 3 aromatic rings. The molecule has 3 heteroatoms. The zero-order chi connectivity index (χ0) is 11.1. The Labute approximate surface area is 97.1 Å². The number of furan rings is 1. The van der Waals surface area contributed by atoms with Gasteiger partial charge >= 0.3 is 0 Å². The Morgan fingerprint density at radius 2 is 1.94 bits per heavy atom. The first-order chi connectivity index (χ1) is 7.81. The molecule has 0 saturated carbocycles. The third-order valence-electron chi connectivity index (χ3n) is 2.73. The first kappa shape index (κ1) is 9.70. The summed E-state index contributed by atoms with van der Waals surface area (Å²) in [5, 5.41) is 11.8. The highest BCUT2D eigenvalue weighted by atomic mass is 35.5. The third kappa shape index (κ3) is 1.24. The minimum atomic E-state index is -0.0481. The van der Waals surface area contributed by atoms with E-state index in [0.29, 0.717) is 10.6 Å². The number of hydrogen-bond acceptors (Lipinski definition) is 2. The van der Waals surface area contributed by atoms with Crippen LogP contribution < -0.4 is 0 Å². The van der Waals surface area contributed by atoms with Gasteiger partial charge in [-0.3, -0.25) is 0 Å². The van der Waals surface area contributed by atoms with Crippen LogP contribution in [0.5, 0.6) is 0 Å². The second kappa shape index (κ2) is 3.51. The van der Waals surface area contributed by atoms with Gasteiger partial charge in [0.25, 0.3) is 0 Å². The standard InChI is InChI=1S/C13H9ClO2/c14-10-6-5-8(7-15)13-12(10)9-3-1-2-4-11(9)16-13/h1-6,15H,7H2. The normalized spacial score (nSPS) is 11.4. The number of rotatable bonds is 1. The van der Waals surface area contributed by atoms with Crippen molar-refractivity contribution in [3.8, 4) is 0 Å². The Morgan fingerprint density at radius 1 is 1.12 bits per heavy atom. The number of hydrogen-bond donors (Lipinski definition) is 1. The number of benzene rings is 2. The molecule has 80 valence electrons. The van der Waals surface area contributed by atoms with Crippen molar-refractivity contribution < 1.29 is 9.52 Å². The van der Waals surface area contributed by atoms with E-state index in [1.807, 2.05) is 24.3 Å². The van der Waals surface area contributed by atoms with Gasteiger partial charge in [0, 0.05) is 16.3 Å². The van der Waals surface area contributed by atoms with Crippen LogP contribution in [-0.4, -0.2) is 5.11 Å². The van der Waals surface area contributed by atoms with Crippen LogP contribution >= 0.6 is 11.6 Å². The number of fused-ring (bicyclic) bond motifs is 3. The summed E-state index contributed by atoms with van der Waals surface area (Å²) in [7, 11) is 0. The Hall–Kier alpha value is -1.51. The van der Waals surface area contributed by atoms with Gasteiger partial charge in [0.2, 0.25) is 0 Å². The third-order valence-corrected chi connectivity index (χ3v) is 3.04. The molecule has 2 nitrogen and oxygen atoms in total. The Kier molecular flexibility index (Phi) is 2.13. The molecular weight excluding hydrogens is 224 g/mol. The lowest BCUT2D eigenvalue weighted by Crippen LogP contribution is -1.83. The SMILES string of the molecule is OCc1ccc(Cl)c2c1oc1ccccc12. The van der Waals surface area contributed by atoms with Gasteiger partial charge < -0.3 is 9.52 Å². The predicted octanol–water partition coefficient (Wildman–Crippen LogP) is 3.73. The van der Waals surface area contributed by atoms with E-state index in [9.17, 15) is 5.11 Å². The summed E-state index contributed by atoms with van der Waals surface area (Å²) in [4.78, 5) is 0. The molecule has 3 rings (SSSR count). The zero-order valence-corrected chi connectivity index (χ0v) is 9.16. The fourth-order valence-electron chi connectivity index (χ4n) is 1.97. The first-order valence-corrected chi connectivity index (χ1v) is 5.38. The quantitative estimate of drug-likeness (QED) is 0.694. The van der Waals surface area contributed by atoms with E-state index in [2.05, 4.69) is 0 Å². The molecule has 1 N–H and O–H groups in total. The van der Waals surface area contributed by atoms with Crippen LogP contribution in [0, 0.1) is 0 Å². The molecule has 0 aliphatic carbocycles. The molecule has 0 radical (unpaired) electrons. The fourth-order valence-corrected chi connectivity index (χ4v) is 2.22. The van der Waals surface area contributed by atoms with Gasteiger partial charge in [0.15, 0.2) is 0 Å². The van der Waals surface area contributed by atoms with Crippen molar-refractivity contribution in [2.24, 2.45) is 0 Å². The van der Waals surface area contributed by atoms with Gasteiger partial charge in [-0.15, -0.1) is 0 Å². The summed E-state index contributed by atoms with van der Waals surface area (Å²) in [5.41, 5.74) is 2.23. The van der Waals surface area contributed by atoms with Crippen molar-refractivity contribution in [2.75, 3.05) is 0 Å². The smallest absolute Gasteiger partial charge is 0.142 e. The lowest BCUT2D eigenvalue weighted by atomic mass is 10.1. The van der Waals surface area contributed by atoms with Crippen LogP contribution in [0.15, 0.2) is 40.8 Å². The first-order valence-electron chi connectivity index (χ1n) is 5.01. The van der Waals surface area contributed by atoms with E-state index in [4.69, 9.17) is 16.0 Å². The molecule has 0 saturated heterocycles. The lowest BCUT2D eigenvalue weighted by molar-refractivity contribution is 0.282. The van der Waals surface area contributed by atoms with E-state index in [0.717, 1.165) is 21.9 Å². The van der Waals surface area contributed by atoms with Gasteiger partial charge in [-0.2, -0.15) is 0 Å². The van der Waals surface area contributed by atoms with Gasteiger partial charge in [-0.25, -0.2) is 0 Å². The molecule has 0 aliphatic rings. The molecular formula is C13H9ClO2. The molecule has 16 heavy (non-hydrogen) atoms. The monoisotopic (exact) mass is 232 g/mol. The number of para-hydroxylation sites is 1. The molecule has 0 spiro atoms. The van der Waals surface area contributed by atoms with Gasteiger partial charge in [0.1, 0.15) is 11.2 Å². The van der Waals surface area contributed by atoms with E-state index in [1.165, 1.54) is 0 Å². The average molecular weight is 233 g/mol. The molecule has 0 unspecified atom stereocenters. The summed E-state index contributed by atoms with van der Waals surface area (Å²) in [6.45, 7) is -0.0481. The maximum Gasteiger partial charge on any atom is 0.142 e. The highest BCUT2D eigenvalue weighted by molar-refractivity contribution is 6.37. The van der Waals surface area contributed by atoms with Crippen LogP contribution in [0.4, 0.5) is 0 Å². The highest BCUT2D eigenvalue weighted by Gasteiger charge is 2.12. The number of halogens is 1. The van der Waals surface area contributed by atoms with Crippen molar-refractivity contribution >= 4 is 33.5 Å². The summed E-state index contributed by atoms with van der Waals surface area (Å²) >= 11 is 6.16. The topological polar surface area (TPSA) is 33.4 Å². The van der Waals surface area contributed by atoms with Crippen molar-refractivity contribution in [1.29, 1.82) is 0 Å². The Bertz CT molecular complexity index is 670. The maximum absolute atomic E-state index is 9.25. The van der Waals surface area contributed by atoms with E-state index in [1.54, 1.807) is 12.1 Å². The summed E-state index contributed by atoms with van der Waals surface area (Å²) in [6.07, 6.45) is 0. The van der Waals surface area contributed by atoms with Crippen LogP contribution in [0.3, 0.4) is 0 Å². The minimum absolute atomic E-state index is 0.0481. The van der Waals surface area contributed by atoms with Gasteiger partial charge in [0.05, 0.1) is 11.6 Å². The maximum atomic E-state index is 9.25. The molecule has 2 aromatic carbocycles. The predicted molar refractivity (Wildman–Crippen MR) is 64.7 cm³/mol. The molecule has 0 amide bonds. The zero-order valence-electron chi connectivity index (χ0n) is 8.40. The molecule has 1 aromatic heterocycles. The van der Waals surface area contributed by atoms with Gasteiger partial charge in [-0.05, 0) is 12.1 Å². The fraction of sp³-hybridized carbons (Fsp3) is 0.0769. The summed E-state index contributed by atoms with van der Waals surface area (Å²) in [5.74, 6) is 0. The lowest BCUT2D eigenvalue weighted by Gasteiger charge is -1.98. The Morgan fingerprint density at radius 3 is 2.75 bits per heavy atom. The Balaban J connectivity index is 2.58. The van der Waals surface area contributed by atoms with Crippen LogP contribution in [-0.2, 0) is 6.61 Å².